The van der Waals surface area contributed by atoms with Gasteiger partial charge in [-0.05, 0) is 25.7 Å². The van der Waals surface area contributed by atoms with E-state index in [9.17, 15) is 16.8 Å². The highest BCUT2D eigenvalue weighted by Crippen LogP contribution is 2.38. The smallest absolute Gasteiger partial charge is 0.246 e. The lowest BCUT2D eigenvalue weighted by atomic mass is 10.2. The average Bonchev–Trinajstić information content (AvgIpc) is 2.73. The zero-order valence-electron chi connectivity index (χ0n) is 16.4. The molecular weight excluding hydrogens is 404 g/mol. The number of sulfonamides is 2. The van der Waals surface area contributed by atoms with Gasteiger partial charge in [0.05, 0.1) is 14.2 Å². The Hall–Kier alpha value is -1.36. The quantitative estimate of drug-likeness (QED) is 0.683. The molecular formula is C18H28N2O6S2. The second kappa shape index (κ2) is 8.56. The van der Waals surface area contributed by atoms with Gasteiger partial charge in [-0.25, -0.2) is 16.8 Å². The molecule has 0 saturated carbocycles. The van der Waals surface area contributed by atoms with Gasteiger partial charge in [-0.1, -0.05) is 12.8 Å². The van der Waals surface area contributed by atoms with Crippen LogP contribution >= 0.6 is 0 Å². The minimum Gasteiger partial charge on any atom is -0.495 e. The lowest BCUT2D eigenvalue weighted by molar-refractivity contribution is 0.337. The Morgan fingerprint density at radius 3 is 1.25 bits per heavy atom. The van der Waals surface area contributed by atoms with Crippen molar-refractivity contribution < 1.29 is 26.3 Å². The highest BCUT2D eigenvalue weighted by molar-refractivity contribution is 7.89. The molecule has 10 heteroatoms. The third kappa shape index (κ3) is 4.00. The van der Waals surface area contributed by atoms with Crippen LogP contribution in [-0.4, -0.2) is 65.8 Å². The molecule has 2 aliphatic rings. The first-order chi connectivity index (χ1) is 13.3. The third-order valence-corrected chi connectivity index (χ3v) is 9.16. The Bertz CT molecular complexity index is 826. The number of methoxy groups -OCH3 is 2. The Morgan fingerprint density at radius 1 is 0.643 bits per heavy atom. The van der Waals surface area contributed by atoms with Crippen molar-refractivity contribution in [1.29, 1.82) is 0 Å². The van der Waals surface area contributed by atoms with Gasteiger partial charge in [0, 0.05) is 38.3 Å². The summed E-state index contributed by atoms with van der Waals surface area (Å²) in [5.74, 6) is 0.0314. The SMILES string of the molecule is COc1cc(S(=O)(=O)N2CCCCC2)c(OC)cc1S(=O)(=O)N1CCCCC1. The number of nitrogens with zero attached hydrogens (tertiary/aromatic N) is 2. The van der Waals surface area contributed by atoms with Gasteiger partial charge in [-0.15, -0.1) is 0 Å². The predicted molar refractivity (Wildman–Crippen MR) is 105 cm³/mol. The first kappa shape index (κ1) is 21.4. The molecule has 2 saturated heterocycles. The van der Waals surface area contributed by atoms with Crippen molar-refractivity contribution in [2.24, 2.45) is 0 Å². The van der Waals surface area contributed by atoms with Crippen molar-refractivity contribution in [3.8, 4) is 11.5 Å². The lowest BCUT2D eigenvalue weighted by Gasteiger charge is -2.28. The van der Waals surface area contributed by atoms with Crippen molar-refractivity contribution >= 4 is 20.0 Å². The van der Waals surface area contributed by atoms with E-state index in [1.165, 1.54) is 35.0 Å². The molecule has 0 N–H and O–H groups in total. The van der Waals surface area contributed by atoms with E-state index >= 15 is 0 Å². The third-order valence-electron chi connectivity index (χ3n) is 5.32. The maximum Gasteiger partial charge on any atom is 0.246 e. The molecule has 1 aromatic rings. The van der Waals surface area contributed by atoms with Crippen LogP contribution in [0.1, 0.15) is 38.5 Å². The Morgan fingerprint density at radius 2 is 0.964 bits per heavy atom. The second-order valence-corrected chi connectivity index (χ2v) is 10.9. The van der Waals surface area contributed by atoms with E-state index in [0.717, 1.165) is 38.5 Å². The van der Waals surface area contributed by atoms with Gasteiger partial charge in [0.25, 0.3) is 0 Å². The molecule has 1 aromatic carbocycles. The fourth-order valence-electron chi connectivity index (χ4n) is 3.73. The molecule has 2 heterocycles. The normalized spacial score (nSPS) is 20.1. The summed E-state index contributed by atoms with van der Waals surface area (Å²) in [7, 11) is -4.93. The zero-order chi connectivity index (χ0) is 20.4. The number of ether oxygens (including phenoxy) is 2. The summed E-state index contributed by atoms with van der Waals surface area (Å²) in [6, 6.07) is 2.55. The largest absolute Gasteiger partial charge is 0.495 e. The van der Waals surface area contributed by atoms with Gasteiger partial charge >= 0.3 is 0 Å². The molecule has 2 fully saturated rings. The summed E-state index contributed by atoms with van der Waals surface area (Å²) >= 11 is 0. The monoisotopic (exact) mass is 432 g/mol. The van der Waals surface area contributed by atoms with E-state index in [1.54, 1.807) is 0 Å². The standard InChI is InChI=1S/C18H28N2O6S2/c1-25-15-13-18(28(23,24)20-11-7-4-8-12-20)16(26-2)14-17(15)27(21,22)19-9-5-3-6-10-19/h13-14H,3-12H2,1-2H3. The van der Waals surface area contributed by atoms with Gasteiger partial charge in [-0.2, -0.15) is 8.61 Å². The molecule has 0 bridgehead atoms. The van der Waals surface area contributed by atoms with E-state index in [-0.39, 0.29) is 21.3 Å². The van der Waals surface area contributed by atoms with E-state index in [2.05, 4.69) is 0 Å². The summed E-state index contributed by atoms with van der Waals surface area (Å²) in [4.78, 5) is -0.127. The summed E-state index contributed by atoms with van der Waals surface area (Å²) < 4.78 is 66.0. The van der Waals surface area contributed by atoms with Crippen LogP contribution in [0.2, 0.25) is 0 Å². The number of rotatable bonds is 6. The van der Waals surface area contributed by atoms with Gasteiger partial charge in [0.1, 0.15) is 21.3 Å². The predicted octanol–water partition coefficient (Wildman–Crippen LogP) is 2.05. The highest BCUT2D eigenvalue weighted by Gasteiger charge is 2.34. The first-order valence-corrected chi connectivity index (χ1v) is 12.5. The van der Waals surface area contributed by atoms with Crippen molar-refractivity contribution in [1.82, 2.24) is 8.61 Å². The molecule has 3 rings (SSSR count). The Labute approximate surface area is 167 Å². The van der Waals surface area contributed by atoms with Crippen LogP contribution in [0.3, 0.4) is 0 Å². The van der Waals surface area contributed by atoms with Crippen molar-refractivity contribution in [2.75, 3.05) is 40.4 Å². The van der Waals surface area contributed by atoms with E-state index in [4.69, 9.17) is 9.47 Å². The maximum absolute atomic E-state index is 13.1. The van der Waals surface area contributed by atoms with E-state index < -0.39 is 20.0 Å². The number of benzene rings is 1. The second-order valence-electron chi connectivity index (χ2n) is 7.08. The van der Waals surface area contributed by atoms with Crippen LogP contribution in [0.25, 0.3) is 0 Å². The number of hydrogen-bond donors (Lipinski definition) is 0. The van der Waals surface area contributed by atoms with Crippen LogP contribution in [0.4, 0.5) is 0 Å². The van der Waals surface area contributed by atoms with Crippen LogP contribution in [0, 0.1) is 0 Å². The fraction of sp³-hybridized carbons (Fsp3) is 0.667. The van der Waals surface area contributed by atoms with Gasteiger partial charge in [0.2, 0.25) is 20.0 Å². The van der Waals surface area contributed by atoms with Crippen LogP contribution in [-0.2, 0) is 20.0 Å². The summed E-state index contributed by atoms with van der Waals surface area (Å²) in [5, 5.41) is 0. The molecule has 0 aromatic heterocycles. The molecule has 0 unspecified atom stereocenters. The van der Waals surface area contributed by atoms with Crippen molar-refractivity contribution in [3.05, 3.63) is 12.1 Å². The molecule has 0 radical (unpaired) electrons. The van der Waals surface area contributed by atoms with E-state index in [0.29, 0.717) is 26.2 Å². The molecule has 0 atom stereocenters. The van der Waals surface area contributed by atoms with Gasteiger partial charge in [0.15, 0.2) is 0 Å². The van der Waals surface area contributed by atoms with Crippen molar-refractivity contribution in [2.45, 2.75) is 48.3 Å². The maximum atomic E-state index is 13.1. The fourth-order valence-corrected chi connectivity index (χ4v) is 7.07. The Kier molecular flexibility index (Phi) is 6.53. The average molecular weight is 433 g/mol. The first-order valence-electron chi connectivity index (χ1n) is 9.58. The number of hydrogen-bond acceptors (Lipinski definition) is 6. The minimum atomic E-state index is -3.80. The van der Waals surface area contributed by atoms with Gasteiger partial charge in [-0.3, -0.25) is 0 Å². The van der Waals surface area contributed by atoms with Crippen LogP contribution in [0.15, 0.2) is 21.9 Å². The molecule has 8 nitrogen and oxygen atoms in total. The topological polar surface area (TPSA) is 93.2 Å². The molecule has 2 aliphatic heterocycles. The lowest BCUT2D eigenvalue weighted by Crippen LogP contribution is -2.36. The zero-order valence-corrected chi connectivity index (χ0v) is 18.0. The Balaban J connectivity index is 2.07. The van der Waals surface area contributed by atoms with E-state index in [1.807, 2.05) is 0 Å². The minimum absolute atomic E-state index is 0.0157. The molecule has 28 heavy (non-hydrogen) atoms. The molecule has 0 aliphatic carbocycles. The highest BCUT2D eigenvalue weighted by atomic mass is 32.2. The van der Waals surface area contributed by atoms with Gasteiger partial charge < -0.3 is 9.47 Å². The molecule has 0 amide bonds. The summed E-state index contributed by atoms with van der Waals surface area (Å²) in [6.45, 7) is 1.78. The van der Waals surface area contributed by atoms with Crippen LogP contribution in [0.5, 0.6) is 11.5 Å². The molecule has 158 valence electrons. The van der Waals surface area contributed by atoms with Crippen molar-refractivity contribution in [3.63, 3.8) is 0 Å². The molecule has 0 spiro atoms. The number of piperidine rings is 2. The van der Waals surface area contributed by atoms with Crippen LogP contribution < -0.4 is 9.47 Å². The summed E-state index contributed by atoms with van der Waals surface area (Å²) in [6.07, 6.45) is 5.22. The summed E-state index contributed by atoms with van der Waals surface area (Å²) in [5.41, 5.74) is 0.